The zero-order valence-corrected chi connectivity index (χ0v) is 9.99. The predicted octanol–water partition coefficient (Wildman–Crippen LogP) is 0.988. The molecule has 0 radical (unpaired) electrons. The van der Waals surface area contributed by atoms with Crippen molar-refractivity contribution in [3.8, 4) is 0 Å². The van der Waals surface area contributed by atoms with Gasteiger partial charge >= 0.3 is 0 Å². The fourth-order valence-electron chi connectivity index (χ4n) is 1.35. The fourth-order valence-corrected chi connectivity index (χ4v) is 1.35. The Kier molecular flexibility index (Phi) is 4.03. The fraction of sp³-hybridized carbons (Fsp3) is 0.636. The van der Waals surface area contributed by atoms with Crippen molar-refractivity contribution in [3.05, 3.63) is 17.5 Å². The summed E-state index contributed by atoms with van der Waals surface area (Å²) in [4.78, 5) is 10.6. The van der Waals surface area contributed by atoms with Crippen molar-refractivity contribution in [2.24, 2.45) is 11.7 Å². The van der Waals surface area contributed by atoms with Crippen LogP contribution in [0.2, 0.25) is 0 Å². The van der Waals surface area contributed by atoms with Crippen molar-refractivity contribution in [2.75, 3.05) is 25.5 Å². The Labute approximate surface area is 91.5 Å². The van der Waals surface area contributed by atoms with Crippen LogP contribution in [-0.4, -0.2) is 30.6 Å². The summed E-state index contributed by atoms with van der Waals surface area (Å²) in [5.74, 6) is 1.24. The van der Waals surface area contributed by atoms with Crippen molar-refractivity contribution in [3.63, 3.8) is 0 Å². The minimum absolute atomic E-state index is 0.484. The van der Waals surface area contributed by atoms with Gasteiger partial charge in [0.2, 0.25) is 5.95 Å². The normalized spacial score (nSPS) is 12.6. The number of aryl methyl sites for hydroxylation is 1. The maximum Gasteiger partial charge on any atom is 0.224 e. The third kappa shape index (κ3) is 3.16. The van der Waals surface area contributed by atoms with Gasteiger partial charge in [0.15, 0.2) is 0 Å². The van der Waals surface area contributed by atoms with E-state index in [-0.39, 0.29) is 0 Å². The molecule has 15 heavy (non-hydrogen) atoms. The summed E-state index contributed by atoms with van der Waals surface area (Å²) < 4.78 is 0. The largest absolute Gasteiger partial charge is 0.347 e. The van der Waals surface area contributed by atoms with Crippen LogP contribution in [0.4, 0.5) is 5.95 Å². The second kappa shape index (κ2) is 5.07. The molecular formula is C11H20N4. The van der Waals surface area contributed by atoms with Gasteiger partial charge in [0.05, 0.1) is 0 Å². The van der Waals surface area contributed by atoms with Crippen LogP contribution in [0.1, 0.15) is 18.2 Å². The van der Waals surface area contributed by atoms with E-state index in [9.17, 15) is 0 Å². The molecule has 4 nitrogen and oxygen atoms in total. The van der Waals surface area contributed by atoms with Crippen LogP contribution in [-0.2, 0) is 6.42 Å². The van der Waals surface area contributed by atoms with Gasteiger partial charge in [0.25, 0.3) is 0 Å². The highest BCUT2D eigenvalue weighted by Crippen LogP contribution is 2.12. The second-order valence-corrected chi connectivity index (χ2v) is 4.22. The number of nitrogens with zero attached hydrogens (tertiary/aromatic N) is 3. The van der Waals surface area contributed by atoms with Crippen LogP contribution >= 0.6 is 0 Å². The lowest BCUT2D eigenvalue weighted by Gasteiger charge is -2.14. The van der Waals surface area contributed by atoms with E-state index in [2.05, 4.69) is 16.9 Å². The minimum Gasteiger partial charge on any atom is -0.347 e. The lowest BCUT2D eigenvalue weighted by Crippen LogP contribution is -2.16. The van der Waals surface area contributed by atoms with Crippen molar-refractivity contribution in [1.29, 1.82) is 0 Å². The zero-order valence-electron chi connectivity index (χ0n) is 9.99. The maximum atomic E-state index is 5.60. The molecule has 1 rings (SSSR count). The number of hydrogen-bond donors (Lipinski definition) is 1. The van der Waals surface area contributed by atoms with Crippen LogP contribution in [0.15, 0.2) is 6.20 Å². The average Bonchev–Trinajstić information content (AvgIpc) is 2.20. The molecule has 0 bridgehead atoms. The Morgan fingerprint density at radius 1 is 1.47 bits per heavy atom. The number of hydrogen-bond acceptors (Lipinski definition) is 4. The van der Waals surface area contributed by atoms with Gasteiger partial charge in [-0.05, 0) is 31.4 Å². The molecule has 84 valence electrons. The van der Waals surface area contributed by atoms with Gasteiger partial charge in [0.1, 0.15) is 0 Å². The van der Waals surface area contributed by atoms with Crippen LogP contribution in [0, 0.1) is 12.8 Å². The number of nitrogens with two attached hydrogens (primary N) is 1. The molecule has 0 spiro atoms. The van der Waals surface area contributed by atoms with E-state index in [1.54, 1.807) is 0 Å². The molecule has 1 heterocycles. The number of anilines is 1. The molecule has 0 saturated carbocycles. The van der Waals surface area contributed by atoms with E-state index in [1.807, 2.05) is 32.1 Å². The quantitative estimate of drug-likeness (QED) is 0.801. The van der Waals surface area contributed by atoms with Crippen LogP contribution < -0.4 is 10.6 Å². The van der Waals surface area contributed by atoms with Gasteiger partial charge < -0.3 is 10.6 Å². The molecule has 1 unspecified atom stereocenters. The molecule has 0 amide bonds. The van der Waals surface area contributed by atoms with Gasteiger partial charge in [-0.2, -0.15) is 0 Å². The van der Waals surface area contributed by atoms with Crippen molar-refractivity contribution in [2.45, 2.75) is 20.3 Å². The SMILES string of the molecule is Cc1nc(N(C)C)ncc1CC(C)CN. The molecule has 1 aromatic rings. The molecular weight excluding hydrogens is 188 g/mol. The number of rotatable bonds is 4. The first kappa shape index (κ1) is 11.9. The Balaban J connectivity index is 2.83. The molecule has 1 aromatic heterocycles. The standard InChI is InChI=1S/C11H20N4/c1-8(6-12)5-10-7-13-11(15(3)4)14-9(10)2/h7-8H,5-6,12H2,1-4H3. The predicted molar refractivity (Wildman–Crippen MR) is 63.0 cm³/mol. The first-order chi connectivity index (χ1) is 7.04. The highest BCUT2D eigenvalue weighted by atomic mass is 15.2. The van der Waals surface area contributed by atoms with Gasteiger partial charge in [-0.3, -0.25) is 0 Å². The molecule has 0 aliphatic heterocycles. The van der Waals surface area contributed by atoms with Crippen molar-refractivity contribution in [1.82, 2.24) is 9.97 Å². The van der Waals surface area contributed by atoms with E-state index in [0.717, 1.165) is 18.1 Å². The van der Waals surface area contributed by atoms with E-state index in [1.165, 1.54) is 5.56 Å². The summed E-state index contributed by atoms with van der Waals surface area (Å²) >= 11 is 0. The Bertz CT molecular complexity index is 322. The first-order valence-corrected chi connectivity index (χ1v) is 5.24. The molecule has 0 aliphatic carbocycles. The summed E-state index contributed by atoms with van der Waals surface area (Å²) in [5.41, 5.74) is 7.84. The summed E-state index contributed by atoms with van der Waals surface area (Å²) in [6.45, 7) is 4.86. The molecule has 0 fully saturated rings. The summed E-state index contributed by atoms with van der Waals surface area (Å²) in [5, 5.41) is 0. The average molecular weight is 208 g/mol. The highest BCUT2D eigenvalue weighted by molar-refractivity contribution is 5.30. The highest BCUT2D eigenvalue weighted by Gasteiger charge is 2.07. The Morgan fingerprint density at radius 2 is 2.13 bits per heavy atom. The van der Waals surface area contributed by atoms with Crippen molar-refractivity contribution >= 4 is 5.95 Å². The lowest BCUT2D eigenvalue weighted by molar-refractivity contribution is 0.588. The minimum atomic E-state index is 0.484. The third-order valence-corrected chi connectivity index (χ3v) is 2.44. The van der Waals surface area contributed by atoms with E-state index in [4.69, 9.17) is 5.73 Å². The Morgan fingerprint density at radius 3 is 2.60 bits per heavy atom. The lowest BCUT2D eigenvalue weighted by atomic mass is 10.0. The van der Waals surface area contributed by atoms with Crippen molar-refractivity contribution < 1.29 is 0 Å². The van der Waals surface area contributed by atoms with Crippen LogP contribution in [0.25, 0.3) is 0 Å². The summed E-state index contributed by atoms with van der Waals surface area (Å²) in [7, 11) is 3.88. The summed E-state index contributed by atoms with van der Waals surface area (Å²) in [6, 6.07) is 0. The second-order valence-electron chi connectivity index (χ2n) is 4.22. The van der Waals surface area contributed by atoms with E-state index in [0.29, 0.717) is 12.5 Å². The molecule has 4 heteroatoms. The molecule has 2 N–H and O–H groups in total. The Hall–Kier alpha value is -1.16. The topological polar surface area (TPSA) is 55.0 Å². The van der Waals surface area contributed by atoms with Gasteiger partial charge in [-0.25, -0.2) is 9.97 Å². The third-order valence-electron chi connectivity index (χ3n) is 2.44. The van der Waals surface area contributed by atoms with Crippen LogP contribution in [0.5, 0.6) is 0 Å². The van der Waals surface area contributed by atoms with Crippen LogP contribution in [0.3, 0.4) is 0 Å². The number of aromatic nitrogens is 2. The van der Waals surface area contributed by atoms with Gasteiger partial charge in [-0.15, -0.1) is 0 Å². The van der Waals surface area contributed by atoms with E-state index < -0.39 is 0 Å². The first-order valence-electron chi connectivity index (χ1n) is 5.24. The van der Waals surface area contributed by atoms with E-state index >= 15 is 0 Å². The molecule has 0 aliphatic rings. The molecule has 0 aromatic carbocycles. The monoisotopic (exact) mass is 208 g/mol. The molecule has 1 atom stereocenters. The summed E-state index contributed by atoms with van der Waals surface area (Å²) in [6.07, 6.45) is 2.86. The zero-order chi connectivity index (χ0) is 11.4. The maximum absolute atomic E-state index is 5.60. The smallest absolute Gasteiger partial charge is 0.224 e. The molecule has 0 saturated heterocycles. The van der Waals surface area contributed by atoms with Gasteiger partial charge in [-0.1, -0.05) is 6.92 Å². The van der Waals surface area contributed by atoms with Gasteiger partial charge in [0, 0.05) is 26.0 Å².